The summed E-state index contributed by atoms with van der Waals surface area (Å²) in [5, 5.41) is 12.4. The summed E-state index contributed by atoms with van der Waals surface area (Å²) in [6, 6.07) is 14.2. The first kappa shape index (κ1) is 31.6. The summed E-state index contributed by atoms with van der Waals surface area (Å²) in [4.78, 5) is 40.2. The summed E-state index contributed by atoms with van der Waals surface area (Å²) in [5.74, 6) is 0.302. The Morgan fingerprint density at radius 3 is 2.68 bits per heavy atom. The van der Waals surface area contributed by atoms with Crippen molar-refractivity contribution in [1.29, 1.82) is 5.26 Å². The number of anilines is 2. The number of nitriles is 1. The monoisotopic (exact) mass is 659 g/mol. The molecule has 10 nitrogen and oxygen atoms in total. The van der Waals surface area contributed by atoms with Gasteiger partial charge in [-0.15, -0.1) is 0 Å². The van der Waals surface area contributed by atoms with Crippen LogP contribution in [0.25, 0.3) is 10.8 Å². The van der Waals surface area contributed by atoms with E-state index in [9.17, 15) is 19.2 Å². The highest BCUT2D eigenvalue weighted by atomic mass is 35.5. The van der Waals surface area contributed by atoms with Crippen molar-refractivity contribution in [3.63, 3.8) is 0 Å². The Labute approximate surface area is 278 Å². The van der Waals surface area contributed by atoms with Crippen LogP contribution >= 0.6 is 11.6 Å². The Kier molecular flexibility index (Phi) is 8.68. The van der Waals surface area contributed by atoms with Gasteiger partial charge in [-0.3, -0.25) is 9.36 Å². The third-order valence-corrected chi connectivity index (χ3v) is 10.7. The average Bonchev–Trinajstić information content (AvgIpc) is 3.47. The second-order valence-electron chi connectivity index (χ2n) is 13.2. The molecule has 1 spiro atoms. The van der Waals surface area contributed by atoms with E-state index in [0.29, 0.717) is 63.3 Å². The van der Waals surface area contributed by atoms with Gasteiger partial charge in [0.25, 0.3) is 0 Å². The highest BCUT2D eigenvalue weighted by Crippen LogP contribution is 2.46. The van der Waals surface area contributed by atoms with Crippen molar-refractivity contribution in [2.24, 2.45) is 0 Å². The van der Waals surface area contributed by atoms with E-state index >= 15 is 0 Å². The number of fused-ring (bicyclic) bond motifs is 3. The molecule has 3 saturated heterocycles. The smallest absolute Gasteiger partial charge is 0.349 e. The van der Waals surface area contributed by atoms with Crippen LogP contribution in [0.15, 0.2) is 53.3 Å². The molecule has 246 valence electrons. The molecule has 47 heavy (non-hydrogen) atoms. The molecule has 0 radical (unpaired) electrons. The second kappa shape index (κ2) is 12.9. The molecule has 1 amide bonds. The van der Waals surface area contributed by atoms with E-state index in [1.807, 2.05) is 22.8 Å². The maximum atomic E-state index is 14.1. The lowest BCUT2D eigenvalue weighted by molar-refractivity contribution is -0.128. The fourth-order valence-electron chi connectivity index (χ4n) is 7.97. The van der Waals surface area contributed by atoms with Gasteiger partial charge in [0.2, 0.25) is 5.91 Å². The number of ether oxygens (including phenoxy) is 1. The van der Waals surface area contributed by atoms with E-state index in [0.717, 1.165) is 47.1 Å². The molecule has 12 heteroatoms. The third-order valence-electron chi connectivity index (χ3n) is 10.4. The van der Waals surface area contributed by atoms with Crippen LogP contribution in [0.4, 0.5) is 15.9 Å². The Bertz CT molecular complexity index is 1810. The maximum absolute atomic E-state index is 14.1. The van der Waals surface area contributed by atoms with Crippen molar-refractivity contribution >= 4 is 39.8 Å². The number of aromatic nitrogens is 2. The number of nitrogens with zero attached hydrogens (tertiary/aromatic N) is 7. The maximum Gasteiger partial charge on any atom is 0.349 e. The van der Waals surface area contributed by atoms with Crippen molar-refractivity contribution in [1.82, 2.24) is 19.4 Å². The fraction of sp³-hybridized carbons (Fsp3) is 0.486. The van der Waals surface area contributed by atoms with Gasteiger partial charge >= 0.3 is 5.69 Å². The number of carbonyl (C=O) groups is 1. The van der Waals surface area contributed by atoms with E-state index < -0.39 is 18.1 Å². The van der Waals surface area contributed by atoms with Crippen molar-refractivity contribution in [3.8, 4) is 6.07 Å². The predicted octanol–water partition coefficient (Wildman–Crippen LogP) is 3.89. The molecule has 0 N–H and O–H groups in total. The lowest BCUT2D eigenvalue weighted by Crippen LogP contribution is -2.61. The molecule has 5 heterocycles. The first-order valence-corrected chi connectivity index (χ1v) is 16.7. The van der Waals surface area contributed by atoms with Crippen LogP contribution in [0, 0.1) is 11.3 Å². The predicted molar refractivity (Wildman–Crippen MR) is 180 cm³/mol. The number of hydrogen-bond donors (Lipinski definition) is 0. The fourth-order valence-corrected chi connectivity index (χ4v) is 8.24. The van der Waals surface area contributed by atoms with Gasteiger partial charge in [-0.25, -0.2) is 9.18 Å². The number of carbonyl (C=O) groups excluding carboxylic acids is 1. The Morgan fingerprint density at radius 2 is 1.98 bits per heavy atom. The van der Waals surface area contributed by atoms with E-state index in [1.54, 1.807) is 4.90 Å². The standard InChI is InChI=1S/C35H39ClFN7O3/c1-40-15-5-8-25(40)19-44-29-20-42(28-10-3-7-24-6-2-9-27(36)31(24)28)21-35(22-47-23-35)32(29)33(39-34(44)46)41-16-17-43(26(18-41)12-14-38)30(45)11-4-13-37/h2-4,6-7,9-11,25-26H,5,8,12-13,15-23H2,1H3/b11-4+/t25-,26-/m0/s1. The van der Waals surface area contributed by atoms with Gasteiger partial charge in [0.15, 0.2) is 0 Å². The van der Waals surface area contributed by atoms with Gasteiger partial charge in [-0.05, 0) is 50.0 Å². The largest absolute Gasteiger partial charge is 0.379 e. The van der Waals surface area contributed by atoms with Crippen LogP contribution in [0.5, 0.6) is 0 Å². The van der Waals surface area contributed by atoms with Gasteiger partial charge in [0, 0.05) is 67.2 Å². The minimum Gasteiger partial charge on any atom is -0.379 e. The number of piperazine rings is 1. The van der Waals surface area contributed by atoms with Crippen LogP contribution in [-0.4, -0.2) is 97.0 Å². The Balaban J connectivity index is 1.34. The van der Waals surface area contributed by atoms with Crippen molar-refractivity contribution in [3.05, 3.63) is 75.3 Å². The van der Waals surface area contributed by atoms with Gasteiger partial charge in [0.1, 0.15) is 12.5 Å². The normalized spacial score (nSPS) is 22.6. The molecule has 2 atom stereocenters. The molecule has 3 aromatic rings. The molecule has 4 aliphatic rings. The molecule has 2 aromatic carbocycles. The van der Waals surface area contributed by atoms with Gasteiger partial charge < -0.3 is 24.3 Å². The molecule has 4 aliphatic heterocycles. The number of likely N-dealkylation sites (tertiary alicyclic amines) is 1. The lowest BCUT2D eigenvalue weighted by atomic mass is 9.74. The van der Waals surface area contributed by atoms with Gasteiger partial charge in [-0.1, -0.05) is 35.9 Å². The zero-order chi connectivity index (χ0) is 32.7. The molecule has 0 saturated carbocycles. The molecular formula is C35H39ClFN7O3. The second-order valence-corrected chi connectivity index (χ2v) is 13.6. The van der Waals surface area contributed by atoms with Crippen LogP contribution in [-0.2, 0) is 28.0 Å². The Morgan fingerprint density at radius 1 is 1.17 bits per heavy atom. The zero-order valence-electron chi connectivity index (χ0n) is 26.6. The Hall–Kier alpha value is -3.98. The molecule has 0 aliphatic carbocycles. The summed E-state index contributed by atoms with van der Waals surface area (Å²) < 4.78 is 20.6. The van der Waals surface area contributed by atoms with Crippen molar-refractivity contribution in [2.75, 3.05) is 69.5 Å². The highest BCUT2D eigenvalue weighted by Gasteiger charge is 2.51. The van der Waals surface area contributed by atoms with E-state index in [2.05, 4.69) is 46.0 Å². The summed E-state index contributed by atoms with van der Waals surface area (Å²) in [7, 11) is 2.11. The first-order valence-electron chi connectivity index (χ1n) is 16.3. The summed E-state index contributed by atoms with van der Waals surface area (Å²) in [5.41, 5.74) is 2.26. The molecular weight excluding hydrogens is 621 g/mol. The molecule has 0 bridgehead atoms. The quantitative estimate of drug-likeness (QED) is 0.353. The first-order chi connectivity index (χ1) is 22.8. The van der Waals surface area contributed by atoms with E-state index in [-0.39, 0.29) is 24.1 Å². The summed E-state index contributed by atoms with van der Waals surface area (Å²) in [6.07, 6.45) is 4.64. The number of benzene rings is 2. The number of amides is 1. The minimum absolute atomic E-state index is 0.114. The van der Waals surface area contributed by atoms with E-state index in [1.165, 1.54) is 12.2 Å². The zero-order valence-corrected chi connectivity index (χ0v) is 27.3. The van der Waals surface area contributed by atoms with Crippen LogP contribution < -0.4 is 15.5 Å². The summed E-state index contributed by atoms with van der Waals surface area (Å²) in [6.45, 7) is 4.05. The topological polar surface area (TPSA) is 97.9 Å². The van der Waals surface area contributed by atoms with Crippen LogP contribution in [0.1, 0.15) is 30.5 Å². The van der Waals surface area contributed by atoms with Gasteiger partial charge in [0.05, 0.1) is 48.7 Å². The molecule has 0 unspecified atom stereocenters. The molecule has 3 fully saturated rings. The van der Waals surface area contributed by atoms with Crippen molar-refractivity contribution < 1.29 is 13.9 Å². The van der Waals surface area contributed by atoms with Gasteiger partial charge in [-0.2, -0.15) is 10.2 Å². The van der Waals surface area contributed by atoms with Crippen molar-refractivity contribution in [2.45, 2.75) is 49.9 Å². The third kappa shape index (κ3) is 5.66. The number of halogens is 2. The average molecular weight is 660 g/mol. The minimum atomic E-state index is -0.732. The molecule has 1 aromatic heterocycles. The highest BCUT2D eigenvalue weighted by molar-refractivity contribution is 6.36. The number of allylic oxidation sites excluding steroid dienone is 1. The molecule has 7 rings (SSSR count). The number of alkyl halides is 1. The van der Waals surface area contributed by atoms with E-state index in [4.69, 9.17) is 21.3 Å². The number of rotatable bonds is 7. The SMILES string of the molecule is CN1CCC[C@H]1Cn1c2c(c(N3CCN(C(=O)/C=C/CF)[C@@H](CC#N)C3)nc1=O)C1(COC1)CN(c1cccc3cccc(Cl)c13)C2. The van der Waals surface area contributed by atoms with Crippen LogP contribution in [0.3, 0.4) is 0 Å². The number of hydrogen-bond acceptors (Lipinski definition) is 8. The summed E-state index contributed by atoms with van der Waals surface area (Å²) >= 11 is 6.81. The number of likely N-dealkylation sites (N-methyl/N-ethyl adjacent to an activating group) is 1. The van der Waals surface area contributed by atoms with Crippen LogP contribution in [0.2, 0.25) is 5.02 Å². The lowest BCUT2D eigenvalue weighted by Gasteiger charge is -2.52.